The molecule has 1 aliphatic rings. The number of nitrogens with one attached hydrogen (secondary N) is 1. The molecule has 0 spiro atoms. The van der Waals surface area contributed by atoms with Crippen molar-refractivity contribution in [2.75, 3.05) is 13.1 Å². The lowest BCUT2D eigenvalue weighted by atomic mass is 9.99. The molecule has 1 atom stereocenters. The minimum atomic E-state index is -0.320. The Bertz CT molecular complexity index is 456. The van der Waals surface area contributed by atoms with Crippen LogP contribution in [0.2, 0.25) is 0 Å². The van der Waals surface area contributed by atoms with Crippen molar-refractivity contribution >= 4 is 11.8 Å². The quantitative estimate of drug-likeness (QED) is 0.830. The topological polar surface area (TPSA) is 67.2 Å². The van der Waals surface area contributed by atoms with Gasteiger partial charge < -0.3 is 14.8 Å². The minimum Gasteiger partial charge on any atom is -0.345 e. The lowest BCUT2D eigenvalue weighted by Crippen LogP contribution is -2.58. The van der Waals surface area contributed by atoms with Gasteiger partial charge in [-0.3, -0.25) is 9.59 Å². The molecule has 1 aromatic heterocycles. The predicted molar refractivity (Wildman–Crippen MR) is 74.8 cm³/mol. The van der Waals surface area contributed by atoms with Gasteiger partial charge >= 0.3 is 0 Å². The second kappa shape index (κ2) is 6.54. The van der Waals surface area contributed by atoms with Crippen molar-refractivity contribution in [1.29, 1.82) is 0 Å². The van der Waals surface area contributed by atoms with E-state index in [-0.39, 0.29) is 24.4 Å². The van der Waals surface area contributed by atoms with E-state index in [1.165, 1.54) is 0 Å². The molecule has 2 rings (SSSR count). The van der Waals surface area contributed by atoms with Crippen LogP contribution in [-0.2, 0) is 16.1 Å². The van der Waals surface area contributed by atoms with Crippen LogP contribution in [0.5, 0.6) is 0 Å². The lowest BCUT2D eigenvalue weighted by molar-refractivity contribution is -0.146. The lowest BCUT2D eigenvalue weighted by Gasteiger charge is -2.35. The van der Waals surface area contributed by atoms with Gasteiger partial charge in [0.05, 0.1) is 12.9 Å². The number of hydrogen-bond donors (Lipinski definition) is 1. The molecule has 2 amide bonds. The van der Waals surface area contributed by atoms with Crippen molar-refractivity contribution in [2.24, 2.45) is 5.92 Å². The summed E-state index contributed by atoms with van der Waals surface area (Å²) in [6, 6.07) is -0.320. The first kappa shape index (κ1) is 14.6. The maximum atomic E-state index is 12.0. The molecule has 0 aliphatic carbocycles. The molecule has 2 heterocycles. The van der Waals surface area contributed by atoms with Gasteiger partial charge in [-0.25, -0.2) is 4.98 Å². The molecule has 0 aromatic carbocycles. The number of carbonyl (C=O) groups is 2. The SMILES string of the molecule is CC(C)CC1C(=O)NCC(=O)N1CCCn1ccnc1. The van der Waals surface area contributed by atoms with Crippen molar-refractivity contribution in [3.05, 3.63) is 18.7 Å². The zero-order chi connectivity index (χ0) is 14.5. The zero-order valence-electron chi connectivity index (χ0n) is 12.1. The summed E-state index contributed by atoms with van der Waals surface area (Å²) >= 11 is 0. The fourth-order valence-electron chi connectivity index (χ4n) is 2.50. The summed E-state index contributed by atoms with van der Waals surface area (Å²) in [5.41, 5.74) is 0. The predicted octanol–water partition coefficient (Wildman–Crippen LogP) is 0.646. The first-order valence-electron chi connectivity index (χ1n) is 7.11. The Labute approximate surface area is 119 Å². The normalized spacial score (nSPS) is 19.6. The maximum absolute atomic E-state index is 12.0. The molecule has 6 nitrogen and oxygen atoms in total. The molecule has 1 N–H and O–H groups in total. The van der Waals surface area contributed by atoms with Gasteiger partial charge in [0.15, 0.2) is 0 Å². The standard InChI is InChI=1S/C14H22N4O2/c1-11(2)8-12-14(20)16-9-13(19)18(12)6-3-5-17-7-4-15-10-17/h4,7,10-12H,3,5-6,8-9H2,1-2H3,(H,16,20). The molecule has 20 heavy (non-hydrogen) atoms. The third-order valence-corrected chi connectivity index (χ3v) is 3.48. The van der Waals surface area contributed by atoms with Crippen LogP contribution >= 0.6 is 0 Å². The van der Waals surface area contributed by atoms with Crippen molar-refractivity contribution < 1.29 is 9.59 Å². The summed E-state index contributed by atoms with van der Waals surface area (Å²) in [5, 5.41) is 2.68. The molecule has 0 saturated carbocycles. The maximum Gasteiger partial charge on any atom is 0.243 e. The Morgan fingerprint density at radius 1 is 1.40 bits per heavy atom. The van der Waals surface area contributed by atoms with E-state index in [0.29, 0.717) is 18.9 Å². The Kier molecular flexibility index (Phi) is 4.76. The van der Waals surface area contributed by atoms with E-state index >= 15 is 0 Å². The third-order valence-electron chi connectivity index (χ3n) is 3.48. The molecule has 1 unspecified atom stereocenters. The largest absolute Gasteiger partial charge is 0.345 e. The summed E-state index contributed by atoms with van der Waals surface area (Å²) in [4.78, 5) is 29.7. The van der Waals surface area contributed by atoms with Crippen molar-refractivity contribution in [3.8, 4) is 0 Å². The molecule has 0 radical (unpaired) electrons. The molecule has 1 aromatic rings. The summed E-state index contributed by atoms with van der Waals surface area (Å²) in [5.74, 6) is 0.370. The zero-order valence-corrected chi connectivity index (χ0v) is 12.1. The van der Waals surface area contributed by atoms with Crippen LogP contribution in [-0.4, -0.2) is 45.4 Å². The van der Waals surface area contributed by atoms with E-state index in [0.717, 1.165) is 13.0 Å². The van der Waals surface area contributed by atoms with Crippen LogP contribution < -0.4 is 5.32 Å². The Morgan fingerprint density at radius 2 is 2.20 bits per heavy atom. The van der Waals surface area contributed by atoms with Crippen LogP contribution in [0.4, 0.5) is 0 Å². The van der Waals surface area contributed by atoms with Gasteiger partial charge in [-0.05, 0) is 18.8 Å². The average Bonchev–Trinajstić information content (AvgIpc) is 2.90. The molecule has 110 valence electrons. The van der Waals surface area contributed by atoms with Gasteiger partial charge in [-0.1, -0.05) is 13.8 Å². The van der Waals surface area contributed by atoms with E-state index in [2.05, 4.69) is 24.1 Å². The van der Waals surface area contributed by atoms with Crippen LogP contribution in [0.15, 0.2) is 18.7 Å². The second-order valence-corrected chi connectivity index (χ2v) is 5.60. The number of nitrogens with zero attached hydrogens (tertiary/aromatic N) is 3. The summed E-state index contributed by atoms with van der Waals surface area (Å²) < 4.78 is 1.98. The molecular weight excluding hydrogens is 256 g/mol. The fourth-order valence-corrected chi connectivity index (χ4v) is 2.50. The van der Waals surface area contributed by atoms with Gasteiger partial charge in [-0.15, -0.1) is 0 Å². The van der Waals surface area contributed by atoms with Crippen LogP contribution in [0, 0.1) is 5.92 Å². The number of aryl methyl sites for hydroxylation is 1. The number of hydrogen-bond acceptors (Lipinski definition) is 3. The first-order chi connectivity index (χ1) is 9.58. The summed E-state index contributed by atoms with van der Waals surface area (Å²) in [6.45, 7) is 5.67. The second-order valence-electron chi connectivity index (χ2n) is 5.60. The summed E-state index contributed by atoms with van der Waals surface area (Å²) in [7, 11) is 0. The highest BCUT2D eigenvalue weighted by Gasteiger charge is 2.34. The minimum absolute atomic E-state index is 0.0147. The van der Waals surface area contributed by atoms with Crippen LogP contribution in [0.1, 0.15) is 26.7 Å². The molecule has 6 heteroatoms. The van der Waals surface area contributed by atoms with Crippen molar-refractivity contribution in [1.82, 2.24) is 19.8 Å². The van der Waals surface area contributed by atoms with E-state index < -0.39 is 0 Å². The Balaban J connectivity index is 1.93. The number of aromatic nitrogens is 2. The number of rotatable bonds is 6. The Hall–Kier alpha value is -1.85. The van der Waals surface area contributed by atoms with Crippen LogP contribution in [0.25, 0.3) is 0 Å². The van der Waals surface area contributed by atoms with E-state index in [4.69, 9.17) is 0 Å². The highest BCUT2D eigenvalue weighted by molar-refractivity contribution is 5.94. The van der Waals surface area contributed by atoms with Gasteiger partial charge in [0, 0.05) is 25.5 Å². The van der Waals surface area contributed by atoms with Gasteiger partial charge in [-0.2, -0.15) is 0 Å². The fraction of sp³-hybridized carbons (Fsp3) is 0.643. The number of carbonyl (C=O) groups excluding carboxylic acids is 2. The van der Waals surface area contributed by atoms with E-state index in [1.807, 2.05) is 10.8 Å². The summed E-state index contributed by atoms with van der Waals surface area (Å²) in [6.07, 6.45) is 6.93. The highest BCUT2D eigenvalue weighted by Crippen LogP contribution is 2.15. The third kappa shape index (κ3) is 3.59. The van der Waals surface area contributed by atoms with Crippen LogP contribution in [0.3, 0.4) is 0 Å². The molecule has 1 saturated heterocycles. The van der Waals surface area contributed by atoms with Crippen molar-refractivity contribution in [2.45, 2.75) is 39.3 Å². The highest BCUT2D eigenvalue weighted by atomic mass is 16.2. The number of imidazole rings is 1. The number of piperazine rings is 1. The monoisotopic (exact) mass is 278 g/mol. The van der Waals surface area contributed by atoms with E-state index in [9.17, 15) is 9.59 Å². The van der Waals surface area contributed by atoms with Gasteiger partial charge in [0.2, 0.25) is 11.8 Å². The Morgan fingerprint density at radius 3 is 2.85 bits per heavy atom. The van der Waals surface area contributed by atoms with Gasteiger partial charge in [0.25, 0.3) is 0 Å². The van der Waals surface area contributed by atoms with E-state index in [1.54, 1.807) is 17.4 Å². The van der Waals surface area contributed by atoms with Gasteiger partial charge in [0.1, 0.15) is 6.04 Å². The smallest absolute Gasteiger partial charge is 0.243 e. The molecular formula is C14H22N4O2. The average molecular weight is 278 g/mol. The number of amides is 2. The van der Waals surface area contributed by atoms with Crippen molar-refractivity contribution in [3.63, 3.8) is 0 Å². The molecule has 1 fully saturated rings. The first-order valence-corrected chi connectivity index (χ1v) is 7.11. The molecule has 0 bridgehead atoms. The molecule has 1 aliphatic heterocycles.